The molecule has 331 valence electrons. The standard InChI is InChI=1S/C63H54BN2O2/c1-60(2,3)34-22-24-35(25-23-34)65-48-33-53-40(37-17-11-14-20-51(37)67-53)28-41(48)54-55-38-18-12-15-21-52(38)68-59(55)56-42-29-45-46(62(6,7)27-26-61(45,4)5)32-49(42)66-50-31-44-39(30-47(50)64-57(54)58(56)66)36-16-10-13-19-43(36)63(44,8)9/h10-25,28-33,65H,26-27H2,1-9H3. The van der Waals surface area contributed by atoms with E-state index in [0.29, 0.717) is 0 Å². The Balaban J connectivity index is 1.17. The lowest BCUT2D eigenvalue weighted by Gasteiger charge is -2.42. The second-order valence-corrected chi connectivity index (χ2v) is 23.0. The quantitative estimate of drug-likeness (QED) is 0.180. The molecule has 0 fully saturated rings. The van der Waals surface area contributed by atoms with E-state index in [1.807, 2.05) is 0 Å². The van der Waals surface area contributed by atoms with Gasteiger partial charge in [0.15, 0.2) is 7.28 Å². The lowest BCUT2D eigenvalue weighted by molar-refractivity contribution is 0.332. The molecule has 0 saturated heterocycles. The highest BCUT2D eigenvalue weighted by Gasteiger charge is 2.41. The molecular weight excluding hydrogens is 828 g/mol. The van der Waals surface area contributed by atoms with Crippen molar-refractivity contribution in [2.75, 3.05) is 5.32 Å². The summed E-state index contributed by atoms with van der Waals surface area (Å²) in [6, 6.07) is 49.8. The third-order valence-corrected chi connectivity index (χ3v) is 16.6. The minimum atomic E-state index is -0.156. The molecule has 11 aromatic rings. The van der Waals surface area contributed by atoms with E-state index in [9.17, 15) is 0 Å². The summed E-state index contributed by atoms with van der Waals surface area (Å²) in [5.74, 6) is 0. The van der Waals surface area contributed by atoms with Crippen molar-refractivity contribution in [3.8, 4) is 27.9 Å². The molecule has 0 saturated carbocycles. The van der Waals surface area contributed by atoms with Crippen LogP contribution in [0.25, 0.3) is 93.6 Å². The Morgan fingerprint density at radius 2 is 1.24 bits per heavy atom. The lowest BCUT2D eigenvalue weighted by atomic mass is 9.58. The molecule has 0 spiro atoms. The average molecular weight is 882 g/mol. The van der Waals surface area contributed by atoms with E-state index in [0.717, 1.165) is 79.2 Å². The number of nitrogens with zero attached hydrogens (tertiary/aromatic N) is 1. The largest absolute Gasteiger partial charge is 0.456 e. The Morgan fingerprint density at radius 1 is 0.559 bits per heavy atom. The van der Waals surface area contributed by atoms with E-state index >= 15 is 0 Å². The minimum Gasteiger partial charge on any atom is -0.456 e. The van der Waals surface area contributed by atoms with E-state index < -0.39 is 0 Å². The van der Waals surface area contributed by atoms with Crippen molar-refractivity contribution < 1.29 is 8.83 Å². The normalized spacial score (nSPS) is 16.4. The molecule has 1 N–H and O–H groups in total. The van der Waals surface area contributed by atoms with Crippen molar-refractivity contribution >= 4 is 95.3 Å². The third kappa shape index (κ3) is 5.33. The summed E-state index contributed by atoms with van der Waals surface area (Å²) < 4.78 is 16.6. The van der Waals surface area contributed by atoms with E-state index in [1.165, 1.54) is 77.4 Å². The van der Waals surface area contributed by atoms with Crippen LogP contribution in [0.5, 0.6) is 0 Å². The van der Waals surface area contributed by atoms with Gasteiger partial charge >= 0.3 is 0 Å². The first-order chi connectivity index (χ1) is 32.6. The highest BCUT2D eigenvalue weighted by molar-refractivity contribution is 6.74. The van der Waals surface area contributed by atoms with Gasteiger partial charge in [0.2, 0.25) is 0 Å². The van der Waals surface area contributed by atoms with E-state index in [-0.39, 0.29) is 21.7 Å². The van der Waals surface area contributed by atoms with Crippen LogP contribution in [-0.2, 0) is 21.7 Å². The highest BCUT2D eigenvalue weighted by Crippen LogP contribution is 2.54. The number of aromatic nitrogens is 1. The number of nitrogens with one attached hydrogen (secondary N) is 1. The molecule has 5 heteroatoms. The van der Waals surface area contributed by atoms with Crippen LogP contribution >= 0.6 is 0 Å². The number of rotatable bonds is 3. The monoisotopic (exact) mass is 881 g/mol. The Bertz CT molecular complexity index is 4030. The van der Waals surface area contributed by atoms with E-state index in [1.54, 1.807) is 0 Å². The van der Waals surface area contributed by atoms with Crippen LogP contribution in [0.1, 0.15) is 103 Å². The zero-order chi connectivity index (χ0) is 46.4. The number of anilines is 2. The molecule has 1 radical (unpaired) electrons. The zero-order valence-electron chi connectivity index (χ0n) is 40.5. The van der Waals surface area contributed by atoms with Crippen molar-refractivity contribution in [3.05, 3.63) is 161 Å². The summed E-state index contributed by atoms with van der Waals surface area (Å²) in [6.45, 7) is 21.4. The molecule has 4 heterocycles. The van der Waals surface area contributed by atoms with E-state index in [4.69, 9.17) is 8.83 Å². The van der Waals surface area contributed by atoms with Gasteiger partial charge in [-0.25, -0.2) is 0 Å². The van der Waals surface area contributed by atoms with Gasteiger partial charge in [0, 0.05) is 55.4 Å². The van der Waals surface area contributed by atoms with Gasteiger partial charge in [-0.05, 0) is 128 Å². The summed E-state index contributed by atoms with van der Waals surface area (Å²) in [5, 5.41) is 10.8. The molecule has 4 nitrogen and oxygen atoms in total. The van der Waals surface area contributed by atoms with Crippen LogP contribution in [0.2, 0.25) is 0 Å². The minimum absolute atomic E-state index is 0.0259. The Kier molecular flexibility index (Phi) is 7.77. The molecule has 0 unspecified atom stereocenters. The van der Waals surface area contributed by atoms with Gasteiger partial charge in [0.05, 0.1) is 22.1 Å². The predicted molar refractivity (Wildman–Crippen MR) is 287 cm³/mol. The van der Waals surface area contributed by atoms with Crippen molar-refractivity contribution in [1.82, 2.24) is 4.57 Å². The highest BCUT2D eigenvalue weighted by atomic mass is 16.3. The van der Waals surface area contributed by atoms with E-state index in [2.05, 4.69) is 213 Å². The first kappa shape index (κ1) is 40.1. The second-order valence-electron chi connectivity index (χ2n) is 23.0. The van der Waals surface area contributed by atoms with Crippen molar-refractivity contribution in [2.45, 2.75) is 96.8 Å². The average Bonchev–Trinajstić information content (AvgIpc) is 4.04. The Labute approximate surface area is 398 Å². The van der Waals surface area contributed by atoms with Crippen LogP contribution in [0.15, 0.2) is 142 Å². The van der Waals surface area contributed by atoms with Gasteiger partial charge < -0.3 is 18.7 Å². The van der Waals surface area contributed by atoms with Crippen LogP contribution in [-0.4, -0.2) is 11.8 Å². The van der Waals surface area contributed by atoms with Crippen molar-refractivity contribution in [1.29, 1.82) is 0 Å². The number of para-hydroxylation sites is 2. The number of hydrogen-bond donors (Lipinski definition) is 1. The van der Waals surface area contributed by atoms with Gasteiger partial charge in [0.1, 0.15) is 22.3 Å². The van der Waals surface area contributed by atoms with Crippen LogP contribution in [0, 0.1) is 0 Å². The fourth-order valence-corrected chi connectivity index (χ4v) is 12.7. The predicted octanol–water partition coefficient (Wildman–Crippen LogP) is 15.9. The topological polar surface area (TPSA) is 43.2 Å². The molecule has 0 atom stereocenters. The molecule has 1 aliphatic heterocycles. The Morgan fingerprint density at radius 3 is 1.99 bits per heavy atom. The number of furan rings is 2. The molecule has 8 aromatic carbocycles. The first-order valence-corrected chi connectivity index (χ1v) is 24.5. The van der Waals surface area contributed by atoms with Gasteiger partial charge in [-0.15, -0.1) is 0 Å². The molecule has 68 heavy (non-hydrogen) atoms. The van der Waals surface area contributed by atoms with Gasteiger partial charge in [0.25, 0.3) is 0 Å². The van der Waals surface area contributed by atoms with Gasteiger partial charge in [-0.3, -0.25) is 0 Å². The maximum atomic E-state index is 7.33. The number of fused-ring (bicyclic) bond motifs is 16. The fraction of sp³-hybridized carbons (Fsp3) is 0.238. The van der Waals surface area contributed by atoms with Crippen molar-refractivity contribution in [3.63, 3.8) is 0 Å². The molecular formula is C63H54BN2O2. The first-order valence-electron chi connectivity index (χ1n) is 24.5. The molecule has 3 aliphatic rings. The summed E-state index contributed by atoms with van der Waals surface area (Å²) in [7, 11) is 2.51. The van der Waals surface area contributed by atoms with Crippen LogP contribution in [0.4, 0.5) is 11.4 Å². The summed E-state index contributed by atoms with van der Waals surface area (Å²) in [5.41, 5.74) is 23.4. The molecule has 3 aromatic heterocycles. The van der Waals surface area contributed by atoms with Crippen LogP contribution < -0.4 is 16.2 Å². The smallest absolute Gasteiger partial charge is 0.197 e. The van der Waals surface area contributed by atoms with Gasteiger partial charge in [-0.2, -0.15) is 0 Å². The number of benzene rings is 8. The number of hydrogen-bond acceptors (Lipinski definition) is 3. The zero-order valence-corrected chi connectivity index (χ0v) is 40.5. The SMILES string of the molecule is CC(C)(C)c1ccc(Nc2cc3oc4ccccc4c3cc2-c2c3c4c(c5cc6c(cc5n4-c4cc5c(cc4[B]3)-c3ccccc3C5(C)C)C(C)(C)CCC6(C)C)c3oc4ccccc4c23)cc1. The molecule has 14 rings (SSSR count). The maximum Gasteiger partial charge on any atom is 0.197 e. The summed E-state index contributed by atoms with van der Waals surface area (Å²) >= 11 is 0. The molecule has 2 aliphatic carbocycles. The third-order valence-electron chi connectivity index (χ3n) is 16.6. The Hall–Kier alpha value is -6.98. The van der Waals surface area contributed by atoms with Gasteiger partial charge in [-0.1, -0.05) is 147 Å². The summed E-state index contributed by atoms with van der Waals surface area (Å²) in [6.07, 6.45) is 2.29. The lowest BCUT2D eigenvalue weighted by Crippen LogP contribution is -2.38. The molecule has 0 amide bonds. The van der Waals surface area contributed by atoms with Crippen molar-refractivity contribution in [2.24, 2.45) is 0 Å². The second kappa shape index (κ2) is 13.2. The van der Waals surface area contributed by atoms with Crippen LogP contribution in [0.3, 0.4) is 0 Å². The fourth-order valence-electron chi connectivity index (χ4n) is 12.7. The maximum absolute atomic E-state index is 7.33. The summed E-state index contributed by atoms with van der Waals surface area (Å²) in [4.78, 5) is 0. The molecule has 0 bridgehead atoms.